The largest absolute Gasteiger partial charge is 0.494 e. The zero-order chi connectivity index (χ0) is 22.9. The lowest BCUT2D eigenvalue weighted by molar-refractivity contribution is -0.138. The van der Waals surface area contributed by atoms with Crippen LogP contribution in [0.25, 0.3) is 0 Å². The monoisotopic (exact) mass is 437 g/mol. The molecule has 0 aliphatic carbocycles. The molecule has 3 rings (SSSR count). The summed E-state index contributed by atoms with van der Waals surface area (Å²) in [5, 5.41) is 5.72. The van der Waals surface area contributed by atoms with E-state index in [-0.39, 0.29) is 17.7 Å². The summed E-state index contributed by atoms with van der Waals surface area (Å²) in [4.78, 5) is 38.5. The second-order valence-electron chi connectivity index (χ2n) is 7.94. The van der Waals surface area contributed by atoms with Crippen LogP contribution in [0.1, 0.15) is 45.1 Å². The average Bonchev–Trinajstić information content (AvgIpc) is 2.80. The number of amides is 3. The predicted molar refractivity (Wildman–Crippen MR) is 125 cm³/mol. The van der Waals surface area contributed by atoms with Crippen LogP contribution in [0.2, 0.25) is 0 Å². The van der Waals surface area contributed by atoms with Crippen molar-refractivity contribution in [3.05, 3.63) is 54.1 Å². The summed E-state index contributed by atoms with van der Waals surface area (Å²) in [5.74, 6) is 0.510. The Kier molecular flexibility index (Phi) is 8.25. The smallest absolute Gasteiger partial charge is 0.246 e. The first kappa shape index (κ1) is 23.3. The standard InChI is InChI=1S/C25H31N3O4/c1-3-15-28(18(2)25(31)26-20-8-5-4-6-9-20)24(30)10-7-16-32-21-12-13-22-19(17-21)11-14-23(29)27-22/h4-6,8-9,12-13,17-18H,3,7,10-11,14-16H2,1-2H3,(H,26,31)(H,27,29). The second kappa shape index (κ2) is 11.3. The molecule has 0 spiro atoms. The third kappa shape index (κ3) is 6.33. The van der Waals surface area contributed by atoms with Crippen LogP contribution in [-0.2, 0) is 20.8 Å². The van der Waals surface area contributed by atoms with Gasteiger partial charge in [0.2, 0.25) is 17.7 Å². The number of carbonyl (C=O) groups excluding carboxylic acids is 3. The first-order valence-corrected chi connectivity index (χ1v) is 11.2. The average molecular weight is 438 g/mol. The van der Waals surface area contributed by atoms with Crippen LogP contribution in [0.5, 0.6) is 5.75 Å². The minimum absolute atomic E-state index is 0.0352. The maximum Gasteiger partial charge on any atom is 0.246 e. The Morgan fingerprint density at radius 2 is 1.94 bits per heavy atom. The van der Waals surface area contributed by atoms with Gasteiger partial charge in [0.05, 0.1) is 6.61 Å². The number of fused-ring (bicyclic) bond motifs is 1. The van der Waals surface area contributed by atoms with Gasteiger partial charge in [-0.1, -0.05) is 25.1 Å². The molecule has 0 bridgehead atoms. The van der Waals surface area contributed by atoms with Crippen LogP contribution in [-0.4, -0.2) is 41.8 Å². The third-order valence-electron chi connectivity index (χ3n) is 5.45. The highest BCUT2D eigenvalue weighted by molar-refractivity contribution is 5.97. The van der Waals surface area contributed by atoms with E-state index < -0.39 is 6.04 Å². The number of anilines is 2. The quantitative estimate of drug-likeness (QED) is 0.550. The van der Waals surface area contributed by atoms with Crippen molar-refractivity contribution in [2.24, 2.45) is 0 Å². The molecule has 2 aromatic carbocycles. The van der Waals surface area contributed by atoms with Gasteiger partial charge in [-0.2, -0.15) is 0 Å². The molecule has 1 atom stereocenters. The number of para-hydroxylation sites is 1. The van der Waals surface area contributed by atoms with E-state index in [1.54, 1.807) is 11.8 Å². The van der Waals surface area contributed by atoms with Crippen LogP contribution in [0.15, 0.2) is 48.5 Å². The van der Waals surface area contributed by atoms with Gasteiger partial charge >= 0.3 is 0 Å². The Hall–Kier alpha value is -3.35. The SMILES string of the molecule is CCCN(C(=O)CCCOc1ccc2c(c1)CCC(=O)N2)C(C)C(=O)Nc1ccccc1. The van der Waals surface area contributed by atoms with E-state index in [0.29, 0.717) is 44.5 Å². The fourth-order valence-corrected chi connectivity index (χ4v) is 3.69. The maximum absolute atomic E-state index is 12.8. The summed E-state index contributed by atoms with van der Waals surface area (Å²) < 4.78 is 5.81. The molecule has 7 heteroatoms. The summed E-state index contributed by atoms with van der Waals surface area (Å²) in [6.07, 6.45) is 2.82. The zero-order valence-corrected chi connectivity index (χ0v) is 18.7. The Bertz CT molecular complexity index is 945. The number of hydrogen-bond acceptors (Lipinski definition) is 4. The molecule has 32 heavy (non-hydrogen) atoms. The third-order valence-corrected chi connectivity index (χ3v) is 5.45. The Morgan fingerprint density at radius 3 is 2.69 bits per heavy atom. The van der Waals surface area contributed by atoms with Crippen LogP contribution in [0.3, 0.4) is 0 Å². The van der Waals surface area contributed by atoms with E-state index >= 15 is 0 Å². The normalized spacial score (nSPS) is 13.5. The maximum atomic E-state index is 12.8. The number of nitrogens with one attached hydrogen (secondary N) is 2. The molecule has 1 unspecified atom stereocenters. The van der Waals surface area contributed by atoms with E-state index in [9.17, 15) is 14.4 Å². The highest BCUT2D eigenvalue weighted by Gasteiger charge is 2.25. The second-order valence-corrected chi connectivity index (χ2v) is 7.94. The lowest BCUT2D eigenvalue weighted by atomic mass is 10.0. The molecule has 1 aliphatic heterocycles. The van der Waals surface area contributed by atoms with Gasteiger partial charge in [0.1, 0.15) is 11.8 Å². The van der Waals surface area contributed by atoms with E-state index in [4.69, 9.17) is 4.74 Å². The molecule has 1 heterocycles. The van der Waals surface area contributed by atoms with Crippen LogP contribution in [0, 0.1) is 0 Å². The molecule has 0 fully saturated rings. The summed E-state index contributed by atoms with van der Waals surface area (Å²) in [7, 11) is 0. The molecule has 0 aromatic heterocycles. The van der Waals surface area contributed by atoms with Gasteiger partial charge in [0.15, 0.2) is 0 Å². The molecule has 0 radical (unpaired) electrons. The molecule has 1 aliphatic rings. The summed E-state index contributed by atoms with van der Waals surface area (Å²) in [6, 6.07) is 14.3. The Balaban J connectivity index is 1.48. The van der Waals surface area contributed by atoms with Crippen LogP contribution in [0.4, 0.5) is 11.4 Å². The fourth-order valence-electron chi connectivity index (χ4n) is 3.69. The molecule has 7 nitrogen and oxygen atoms in total. The summed E-state index contributed by atoms with van der Waals surface area (Å²) in [6.45, 7) is 4.68. The number of ether oxygens (including phenoxy) is 1. The molecule has 0 saturated heterocycles. The van der Waals surface area contributed by atoms with Crippen molar-refractivity contribution in [2.45, 2.75) is 52.0 Å². The molecule has 170 valence electrons. The van der Waals surface area contributed by atoms with Gasteiger partial charge < -0.3 is 20.3 Å². The predicted octanol–water partition coefficient (Wildman–Crippen LogP) is 4.00. The minimum atomic E-state index is -0.556. The number of benzene rings is 2. The Labute approximate surface area is 189 Å². The van der Waals surface area contributed by atoms with E-state index in [2.05, 4.69) is 10.6 Å². The van der Waals surface area contributed by atoms with Gasteiger partial charge in [-0.05, 0) is 62.1 Å². The lowest BCUT2D eigenvalue weighted by Gasteiger charge is -2.28. The minimum Gasteiger partial charge on any atom is -0.494 e. The highest BCUT2D eigenvalue weighted by atomic mass is 16.5. The van der Waals surface area contributed by atoms with E-state index in [0.717, 1.165) is 23.4 Å². The van der Waals surface area contributed by atoms with Crippen molar-refractivity contribution in [1.29, 1.82) is 0 Å². The molecule has 3 amide bonds. The van der Waals surface area contributed by atoms with Gasteiger partial charge in [-0.3, -0.25) is 14.4 Å². The molecule has 0 saturated carbocycles. The van der Waals surface area contributed by atoms with Crippen molar-refractivity contribution < 1.29 is 19.1 Å². The van der Waals surface area contributed by atoms with Gasteiger partial charge in [-0.25, -0.2) is 0 Å². The highest BCUT2D eigenvalue weighted by Crippen LogP contribution is 2.27. The van der Waals surface area contributed by atoms with Crippen molar-refractivity contribution in [1.82, 2.24) is 4.90 Å². The van der Waals surface area contributed by atoms with E-state index in [1.807, 2.05) is 55.5 Å². The summed E-state index contributed by atoms with van der Waals surface area (Å²) >= 11 is 0. The summed E-state index contributed by atoms with van der Waals surface area (Å²) in [5.41, 5.74) is 2.61. The fraction of sp³-hybridized carbons (Fsp3) is 0.400. The number of hydrogen-bond donors (Lipinski definition) is 2. The molecular formula is C25H31N3O4. The van der Waals surface area contributed by atoms with Crippen molar-refractivity contribution in [3.63, 3.8) is 0 Å². The van der Waals surface area contributed by atoms with Gasteiger partial charge in [0.25, 0.3) is 0 Å². The van der Waals surface area contributed by atoms with Crippen molar-refractivity contribution in [3.8, 4) is 5.75 Å². The van der Waals surface area contributed by atoms with Gasteiger partial charge in [-0.15, -0.1) is 0 Å². The van der Waals surface area contributed by atoms with Gasteiger partial charge in [0, 0.05) is 30.8 Å². The number of carbonyl (C=O) groups is 3. The van der Waals surface area contributed by atoms with Crippen LogP contribution >= 0.6 is 0 Å². The first-order chi connectivity index (χ1) is 15.5. The topological polar surface area (TPSA) is 87.7 Å². The van der Waals surface area contributed by atoms with Crippen molar-refractivity contribution >= 4 is 29.1 Å². The number of rotatable bonds is 10. The molecule has 2 aromatic rings. The number of nitrogens with zero attached hydrogens (tertiary/aromatic N) is 1. The zero-order valence-electron chi connectivity index (χ0n) is 18.7. The molecular weight excluding hydrogens is 406 g/mol. The molecule has 2 N–H and O–H groups in total. The van der Waals surface area contributed by atoms with Crippen LogP contribution < -0.4 is 15.4 Å². The van der Waals surface area contributed by atoms with E-state index in [1.165, 1.54) is 0 Å². The number of aryl methyl sites for hydroxylation is 1. The Morgan fingerprint density at radius 1 is 1.16 bits per heavy atom. The van der Waals surface area contributed by atoms with Crippen molar-refractivity contribution in [2.75, 3.05) is 23.8 Å². The first-order valence-electron chi connectivity index (χ1n) is 11.2. The lowest BCUT2D eigenvalue weighted by Crippen LogP contribution is -2.46.